The Labute approximate surface area is 155 Å². The molecule has 0 spiro atoms. The Kier molecular flexibility index (Phi) is 7.36. The van der Waals surface area contributed by atoms with Gasteiger partial charge >= 0.3 is 0 Å². The molecular weight excluding hydrogens is 326 g/mol. The van der Waals surface area contributed by atoms with Gasteiger partial charge in [0.25, 0.3) is 5.91 Å². The summed E-state index contributed by atoms with van der Waals surface area (Å²) in [7, 11) is 4.00. The minimum Gasteiger partial charge on any atom is -0.353 e. The minimum absolute atomic E-state index is 0.179. The summed E-state index contributed by atoms with van der Waals surface area (Å²) < 4.78 is 0. The van der Waals surface area contributed by atoms with E-state index in [0.29, 0.717) is 12.1 Å². The fraction of sp³-hybridized carbons (Fsp3) is 0.333. The van der Waals surface area contributed by atoms with Crippen molar-refractivity contribution < 1.29 is 9.59 Å². The van der Waals surface area contributed by atoms with Crippen LogP contribution in [-0.2, 0) is 11.2 Å². The molecule has 0 aliphatic carbocycles. The fourth-order valence-electron chi connectivity index (χ4n) is 2.63. The number of likely N-dealkylation sites (N-methyl/N-ethyl adjacent to an activating group) is 1. The second-order valence-corrected chi connectivity index (χ2v) is 6.61. The van der Waals surface area contributed by atoms with Gasteiger partial charge < -0.3 is 15.5 Å². The normalized spacial score (nSPS) is 13.1. The summed E-state index contributed by atoms with van der Waals surface area (Å²) in [5, 5.41) is 5.68. The highest BCUT2D eigenvalue weighted by atomic mass is 16.2. The molecule has 138 valence electrons. The van der Waals surface area contributed by atoms with E-state index in [9.17, 15) is 9.59 Å². The molecule has 2 aromatic carbocycles. The quantitative estimate of drug-likeness (QED) is 0.764. The summed E-state index contributed by atoms with van der Waals surface area (Å²) in [6, 6.07) is 18.7. The number of rotatable bonds is 8. The lowest BCUT2D eigenvalue weighted by molar-refractivity contribution is -0.122. The van der Waals surface area contributed by atoms with Crippen LogP contribution in [-0.4, -0.2) is 49.4 Å². The maximum Gasteiger partial charge on any atom is 0.251 e. The van der Waals surface area contributed by atoms with Gasteiger partial charge in [-0.3, -0.25) is 9.59 Å². The van der Waals surface area contributed by atoms with Crippen LogP contribution >= 0.6 is 0 Å². The third-order valence-electron chi connectivity index (χ3n) is 4.33. The van der Waals surface area contributed by atoms with Crippen molar-refractivity contribution in [1.82, 2.24) is 15.5 Å². The molecule has 26 heavy (non-hydrogen) atoms. The van der Waals surface area contributed by atoms with Gasteiger partial charge in [0.15, 0.2) is 0 Å². The van der Waals surface area contributed by atoms with Crippen molar-refractivity contribution in [2.45, 2.75) is 25.4 Å². The van der Waals surface area contributed by atoms with Gasteiger partial charge in [0.2, 0.25) is 5.91 Å². The molecule has 5 heteroatoms. The van der Waals surface area contributed by atoms with Crippen molar-refractivity contribution in [3.8, 4) is 0 Å². The summed E-state index contributed by atoms with van der Waals surface area (Å²) in [6.07, 6.45) is 0.846. The molecule has 2 N–H and O–H groups in total. The van der Waals surface area contributed by atoms with Crippen LogP contribution in [0.2, 0.25) is 0 Å². The van der Waals surface area contributed by atoms with Crippen LogP contribution in [0.1, 0.15) is 22.8 Å². The summed E-state index contributed by atoms with van der Waals surface area (Å²) in [5.74, 6) is -0.434. The van der Waals surface area contributed by atoms with Crippen LogP contribution in [0.15, 0.2) is 60.7 Å². The topological polar surface area (TPSA) is 61.4 Å². The zero-order valence-corrected chi connectivity index (χ0v) is 15.6. The number of carbonyl (C=O) groups is 2. The highest BCUT2D eigenvalue weighted by molar-refractivity contribution is 5.97. The number of nitrogens with one attached hydrogen (secondary N) is 2. The van der Waals surface area contributed by atoms with Gasteiger partial charge in [-0.15, -0.1) is 0 Å². The molecular formula is C21H27N3O2. The maximum atomic E-state index is 12.3. The van der Waals surface area contributed by atoms with Crippen LogP contribution < -0.4 is 10.6 Å². The molecule has 0 fully saturated rings. The molecule has 0 bridgehead atoms. The summed E-state index contributed by atoms with van der Waals surface area (Å²) in [6.45, 7) is 2.21. The molecule has 2 rings (SSSR count). The van der Waals surface area contributed by atoms with E-state index < -0.39 is 6.04 Å². The predicted octanol–water partition coefficient (Wildman–Crippen LogP) is 2.09. The van der Waals surface area contributed by atoms with E-state index in [1.165, 1.54) is 5.56 Å². The Hall–Kier alpha value is -2.66. The number of amides is 2. The molecule has 5 nitrogen and oxygen atoms in total. The summed E-state index contributed by atoms with van der Waals surface area (Å²) >= 11 is 0. The molecule has 0 aromatic heterocycles. The molecule has 2 amide bonds. The summed E-state index contributed by atoms with van der Waals surface area (Å²) in [5.41, 5.74) is 1.77. The van der Waals surface area contributed by atoms with Gasteiger partial charge in [-0.05, 0) is 45.1 Å². The molecule has 0 aliphatic rings. The Morgan fingerprint density at radius 3 is 2.12 bits per heavy atom. The highest BCUT2D eigenvalue weighted by Gasteiger charge is 2.19. The molecule has 0 saturated carbocycles. The first kappa shape index (κ1) is 19.7. The zero-order chi connectivity index (χ0) is 18.9. The van der Waals surface area contributed by atoms with Crippen LogP contribution in [0.4, 0.5) is 0 Å². The third-order valence-corrected chi connectivity index (χ3v) is 4.33. The van der Waals surface area contributed by atoms with Gasteiger partial charge in [0.05, 0.1) is 0 Å². The number of carbonyl (C=O) groups excluding carboxylic acids is 2. The first-order chi connectivity index (χ1) is 12.5. The second-order valence-electron chi connectivity index (χ2n) is 6.61. The van der Waals surface area contributed by atoms with Gasteiger partial charge in [0, 0.05) is 18.2 Å². The number of benzene rings is 2. The van der Waals surface area contributed by atoms with Gasteiger partial charge in [0.1, 0.15) is 6.04 Å². The second kappa shape index (κ2) is 9.73. The van der Waals surface area contributed by atoms with Crippen molar-refractivity contribution >= 4 is 11.8 Å². The Bertz CT molecular complexity index is 702. The van der Waals surface area contributed by atoms with Crippen LogP contribution in [0, 0.1) is 0 Å². The SMILES string of the molecule is CC(NC(=O)c1ccccc1)C(=O)NCC(Cc1ccccc1)N(C)C. The minimum atomic E-state index is -0.595. The van der Waals surface area contributed by atoms with Gasteiger partial charge in [-0.2, -0.15) is 0 Å². The van der Waals surface area contributed by atoms with E-state index in [2.05, 4.69) is 27.7 Å². The largest absolute Gasteiger partial charge is 0.353 e. The van der Waals surface area contributed by atoms with E-state index >= 15 is 0 Å². The van der Waals surface area contributed by atoms with Crippen molar-refractivity contribution in [2.24, 2.45) is 0 Å². The molecule has 2 unspecified atom stereocenters. The lowest BCUT2D eigenvalue weighted by Gasteiger charge is -2.25. The van der Waals surface area contributed by atoms with Crippen molar-refractivity contribution in [1.29, 1.82) is 0 Å². The Morgan fingerprint density at radius 1 is 0.962 bits per heavy atom. The lowest BCUT2D eigenvalue weighted by atomic mass is 10.1. The van der Waals surface area contributed by atoms with E-state index in [4.69, 9.17) is 0 Å². The average molecular weight is 353 g/mol. The molecule has 2 aromatic rings. The monoisotopic (exact) mass is 353 g/mol. The van der Waals surface area contributed by atoms with E-state index in [1.54, 1.807) is 31.2 Å². The van der Waals surface area contributed by atoms with E-state index in [1.807, 2.05) is 38.4 Å². The average Bonchev–Trinajstić information content (AvgIpc) is 2.66. The zero-order valence-electron chi connectivity index (χ0n) is 15.6. The van der Waals surface area contributed by atoms with Crippen LogP contribution in [0.5, 0.6) is 0 Å². The van der Waals surface area contributed by atoms with E-state index in [-0.39, 0.29) is 17.9 Å². The molecule has 0 heterocycles. The van der Waals surface area contributed by atoms with Crippen molar-refractivity contribution in [3.63, 3.8) is 0 Å². The first-order valence-electron chi connectivity index (χ1n) is 8.81. The van der Waals surface area contributed by atoms with Crippen LogP contribution in [0.3, 0.4) is 0 Å². The third kappa shape index (κ3) is 6.01. The van der Waals surface area contributed by atoms with Gasteiger partial charge in [-0.1, -0.05) is 48.5 Å². The van der Waals surface area contributed by atoms with Gasteiger partial charge in [-0.25, -0.2) is 0 Å². The van der Waals surface area contributed by atoms with E-state index in [0.717, 1.165) is 6.42 Å². The lowest BCUT2D eigenvalue weighted by Crippen LogP contribution is -2.49. The maximum absolute atomic E-state index is 12.3. The summed E-state index contributed by atoms with van der Waals surface area (Å²) in [4.78, 5) is 26.6. The molecule has 0 aliphatic heterocycles. The number of hydrogen-bond acceptors (Lipinski definition) is 3. The molecule has 0 radical (unpaired) electrons. The fourth-order valence-corrected chi connectivity index (χ4v) is 2.63. The standard InChI is InChI=1S/C21H27N3O2/c1-16(23-21(26)18-12-8-5-9-13-18)20(25)22-15-19(24(2)3)14-17-10-6-4-7-11-17/h4-13,16,19H,14-15H2,1-3H3,(H,22,25)(H,23,26). The molecule has 0 saturated heterocycles. The number of nitrogens with zero attached hydrogens (tertiary/aromatic N) is 1. The first-order valence-corrected chi connectivity index (χ1v) is 8.81. The van der Waals surface area contributed by atoms with Crippen molar-refractivity contribution in [2.75, 3.05) is 20.6 Å². The predicted molar refractivity (Wildman–Crippen MR) is 104 cm³/mol. The smallest absolute Gasteiger partial charge is 0.251 e. The number of hydrogen-bond donors (Lipinski definition) is 2. The van der Waals surface area contributed by atoms with Crippen LogP contribution in [0.25, 0.3) is 0 Å². The molecule has 2 atom stereocenters. The van der Waals surface area contributed by atoms with Crippen molar-refractivity contribution in [3.05, 3.63) is 71.8 Å². The Morgan fingerprint density at radius 2 is 1.54 bits per heavy atom. The Balaban J connectivity index is 1.85. The highest BCUT2D eigenvalue weighted by Crippen LogP contribution is 2.06.